The van der Waals surface area contributed by atoms with Crippen LogP contribution in [-0.2, 0) is 11.3 Å². The second kappa shape index (κ2) is 7.07. The lowest BCUT2D eigenvalue weighted by Gasteiger charge is -2.09. The normalized spacial score (nSPS) is 9.86. The summed E-state index contributed by atoms with van der Waals surface area (Å²) in [5.41, 5.74) is 0.611. The van der Waals surface area contributed by atoms with E-state index in [1.165, 1.54) is 31.4 Å². The Balaban J connectivity index is 1.91. The van der Waals surface area contributed by atoms with E-state index in [-0.39, 0.29) is 18.0 Å². The third-order valence-corrected chi connectivity index (χ3v) is 2.79. The quantitative estimate of drug-likeness (QED) is 0.364. The highest BCUT2D eigenvalue weighted by Gasteiger charge is 2.10. The number of ether oxygens (including phenoxy) is 3. The Bertz CT molecular complexity index is 668. The van der Waals surface area contributed by atoms with Crippen LogP contribution in [0.3, 0.4) is 0 Å². The van der Waals surface area contributed by atoms with Crippen molar-refractivity contribution in [3.8, 4) is 11.5 Å². The van der Waals surface area contributed by atoms with Crippen molar-refractivity contribution in [2.75, 3.05) is 7.11 Å². The molecule has 114 valence electrons. The first-order valence-electron chi connectivity index (χ1n) is 6.31. The Morgan fingerprint density at radius 1 is 1.14 bits per heavy atom. The Morgan fingerprint density at radius 3 is 2.45 bits per heavy atom. The van der Waals surface area contributed by atoms with Gasteiger partial charge in [-0.05, 0) is 18.2 Å². The lowest BCUT2D eigenvalue weighted by molar-refractivity contribution is -0.384. The second-order valence-corrected chi connectivity index (χ2v) is 4.20. The van der Waals surface area contributed by atoms with Crippen LogP contribution >= 0.6 is 0 Å². The molecule has 7 nitrogen and oxygen atoms in total. The standard InChI is InChI=1S/C15H13NO6/c1-20-14-5-3-2-4-11(14)10-21-15(17)22-13-8-6-12(7-9-13)16(18)19/h2-9H,10H2,1H3. The number of carbonyl (C=O) groups is 1. The molecule has 0 N–H and O–H groups in total. The smallest absolute Gasteiger partial charge is 0.496 e. The van der Waals surface area contributed by atoms with Crippen LogP contribution < -0.4 is 9.47 Å². The van der Waals surface area contributed by atoms with Crippen molar-refractivity contribution < 1.29 is 23.9 Å². The summed E-state index contributed by atoms with van der Waals surface area (Å²) in [4.78, 5) is 21.6. The molecular formula is C15H13NO6. The van der Waals surface area contributed by atoms with E-state index < -0.39 is 11.1 Å². The number of benzene rings is 2. The van der Waals surface area contributed by atoms with E-state index in [9.17, 15) is 14.9 Å². The fraction of sp³-hybridized carbons (Fsp3) is 0.133. The molecule has 2 aromatic rings. The van der Waals surface area contributed by atoms with Gasteiger partial charge in [-0.3, -0.25) is 10.1 Å². The predicted octanol–water partition coefficient (Wildman–Crippen LogP) is 3.32. The number of methoxy groups -OCH3 is 1. The number of non-ortho nitro benzene ring substituents is 1. The van der Waals surface area contributed by atoms with Crippen molar-refractivity contribution in [1.29, 1.82) is 0 Å². The molecule has 0 aliphatic rings. The number of carbonyl (C=O) groups excluding carboxylic acids is 1. The molecule has 0 amide bonds. The molecule has 22 heavy (non-hydrogen) atoms. The summed E-state index contributed by atoms with van der Waals surface area (Å²) in [7, 11) is 1.52. The molecule has 0 aliphatic carbocycles. The molecule has 0 fully saturated rings. The molecule has 2 rings (SSSR count). The van der Waals surface area contributed by atoms with E-state index in [4.69, 9.17) is 14.2 Å². The Morgan fingerprint density at radius 2 is 1.82 bits per heavy atom. The molecule has 0 bridgehead atoms. The monoisotopic (exact) mass is 303 g/mol. The molecule has 0 aromatic heterocycles. The van der Waals surface area contributed by atoms with Crippen LogP contribution in [0, 0.1) is 10.1 Å². The lowest BCUT2D eigenvalue weighted by atomic mass is 10.2. The van der Waals surface area contributed by atoms with Crippen molar-refractivity contribution in [3.63, 3.8) is 0 Å². The molecule has 2 aromatic carbocycles. The highest BCUT2D eigenvalue weighted by molar-refractivity contribution is 5.64. The van der Waals surface area contributed by atoms with E-state index in [0.717, 1.165) is 0 Å². The van der Waals surface area contributed by atoms with Gasteiger partial charge in [-0.2, -0.15) is 0 Å². The largest absolute Gasteiger partial charge is 0.514 e. The van der Waals surface area contributed by atoms with Crippen LogP contribution in [0.15, 0.2) is 48.5 Å². The van der Waals surface area contributed by atoms with Gasteiger partial charge in [-0.25, -0.2) is 4.79 Å². The van der Waals surface area contributed by atoms with Gasteiger partial charge < -0.3 is 14.2 Å². The van der Waals surface area contributed by atoms with Crippen molar-refractivity contribution in [3.05, 3.63) is 64.2 Å². The Labute approximate surface area is 126 Å². The Hall–Kier alpha value is -3.09. The summed E-state index contributed by atoms with van der Waals surface area (Å²) in [5, 5.41) is 10.5. The minimum Gasteiger partial charge on any atom is -0.496 e. The average Bonchev–Trinajstić information content (AvgIpc) is 2.53. The fourth-order valence-corrected chi connectivity index (χ4v) is 1.72. The minimum atomic E-state index is -0.903. The van der Waals surface area contributed by atoms with Crippen molar-refractivity contribution in [1.82, 2.24) is 0 Å². The topological polar surface area (TPSA) is 87.9 Å². The van der Waals surface area contributed by atoms with Gasteiger partial charge in [-0.1, -0.05) is 18.2 Å². The van der Waals surface area contributed by atoms with Crippen LogP contribution in [0.4, 0.5) is 10.5 Å². The Kier molecular flexibility index (Phi) is 4.92. The van der Waals surface area contributed by atoms with Gasteiger partial charge in [0.15, 0.2) is 0 Å². The molecule has 0 aliphatic heterocycles. The third kappa shape index (κ3) is 3.95. The van der Waals surface area contributed by atoms with E-state index in [1.807, 2.05) is 0 Å². The first-order valence-corrected chi connectivity index (χ1v) is 6.31. The van der Waals surface area contributed by atoms with Crippen molar-refractivity contribution >= 4 is 11.8 Å². The van der Waals surface area contributed by atoms with Gasteiger partial charge in [0.05, 0.1) is 12.0 Å². The molecule has 0 saturated heterocycles. The lowest BCUT2D eigenvalue weighted by Crippen LogP contribution is -2.10. The average molecular weight is 303 g/mol. The number of rotatable bonds is 5. The molecular weight excluding hydrogens is 290 g/mol. The van der Waals surface area contributed by atoms with Gasteiger partial charge in [0.2, 0.25) is 0 Å². The molecule has 0 spiro atoms. The number of nitro benzene ring substituents is 1. The first-order chi connectivity index (χ1) is 10.6. The van der Waals surface area contributed by atoms with E-state index in [2.05, 4.69) is 0 Å². The molecule has 0 unspecified atom stereocenters. The van der Waals surface area contributed by atoms with Crippen molar-refractivity contribution in [2.45, 2.75) is 6.61 Å². The summed E-state index contributed by atoms with van der Waals surface area (Å²) < 4.78 is 15.0. The minimum absolute atomic E-state index is 0.00414. The summed E-state index contributed by atoms with van der Waals surface area (Å²) in [5.74, 6) is 0.765. The maximum absolute atomic E-state index is 11.6. The highest BCUT2D eigenvalue weighted by Crippen LogP contribution is 2.20. The zero-order valence-corrected chi connectivity index (χ0v) is 11.7. The van der Waals surface area contributed by atoms with Gasteiger partial charge >= 0.3 is 6.16 Å². The number of hydrogen-bond donors (Lipinski definition) is 0. The van der Waals surface area contributed by atoms with Crippen LogP contribution in [-0.4, -0.2) is 18.2 Å². The van der Waals surface area contributed by atoms with Gasteiger partial charge in [0.25, 0.3) is 5.69 Å². The number of para-hydroxylation sites is 1. The number of nitro groups is 1. The van der Waals surface area contributed by atoms with Crippen LogP contribution in [0.25, 0.3) is 0 Å². The first kappa shape index (κ1) is 15.3. The highest BCUT2D eigenvalue weighted by atomic mass is 16.7. The van der Waals surface area contributed by atoms with Gasteiger partial charge in [0, 0.05) is 17.7 Å². The van der Waals surface area contributed by atoms with Gasteiger partial charge in [0.1, 0.15) is 18.1 Å². The number of hydrogen-bond acceptors (Lipinski definition) is 6. The summed E-state index contributed by atoms with van der Waals surface area (Å²) in [6, 6.07) is 12.2. The summed E-state index contributed by atoms with van der Waals surface area (Å²) in [6.07, 6.45) is -0.903. The zero-order chi connectivity index (χ0) is 15.9. The predicted molar refractivity (Wildman–Crippen MR) is 76.9 cm³/mol. The maximum atomic E-state index is 11.6. The van der Waals surface area contributed by atoms with Crippen LogP contribution in [0.2, 0.25) is 0 Å². The van der Waals surface area contributed by atoms with Gasteiger partial charge in [-0.15, -0.1) is 0 Å². The molecule has 0 radical (unpaired) electrons. The molecule has 7 heteroatoms. The maximum Gasteiger partial charge on any atom is 0.514 e. The van der Waals surface area contributed by atoms with E-state index in [0.29, 0.717) is 11.3 Å². The van der Waals surface area contributed by atoms with Crippen LogP contribution in [0.5, 0.6) is 11.5 Å². The number of nitrogens with zero attached hydrogens (tertiary/aromatic N) is 1. The van der Waals surface area contributed by atoms with Crippen molar-refractivity contribution in [2.24, 2.45) is 0 Å². The summed E-state index contributed by atoms with van der Waals surface area (Å²) >= 11 is 0. The molecule has 0 saturated carbocycles. The summed E-state index contributed by atoms with van der Waals surface area (Å²) in [6.45, 7) is -0.00414. The fourth-order valence-electron chi connectivity index (χ4n) is 1.72. The van der Waals surface area contributed by atoms with Crippen LogP contribution in [0.1, 0.15) is 5.56 Å². The SMILES string of the molecule is COc1ccccc1COC(=O)Oc1ccc([N+](=O)[O-])cc1. The molecule has 0 atom stereocenters. The second-order valence-electron chi connectivity index (χ2n) is 4.20. The zero-order valence-electron chi connectivity index (χ0n) is 11.7. The van der Waals surface area contributed by atoms with E-state index in [1.54, 1.807) is 24.3 Å². The molecule has 0 heterocycles. The third-order valence-electron chi connectivity index (χ3n) is 2.79. The van der Waals surface area contributed by atoms with E-state index >= 15 is 0 Å².